The highest BCUT2D eigenvalue weighted by Crippen LogP contribution is 2.34. The molecule has 3 rings (SSSR count). The number of thiophene rings is 1. The number of aliphatic hydroxyl groups is 1. The van der Waals surface area contributed by atoms with Gasteiger partial charge in [-0.05, 0) is 38.5 Å². The third-order valence-electron chi connectivity index (χ3n) is 3.31. The molecule has 7 heteroatoms. The number of nitrogens with one attached hydrogen (secondary N) is 1. The summed E-state index contributed by atoms with van der Waals surface area (Å²) < 4.78 is 28.1. The van der Waals surface area contributed by atoms with E-state index in [-0.39, 0.29) is 4.21 Å². The predicted octanol–water partition coefficient (Wildman–Crippen LogP) is 2.45. The molecule has 20 heavy (non-hydrogen) atoms. The minimum absolute atomic E-state index is 0.231. The van der Waals surface area contributed by atoms with E-state index in [0.29, 0.717) is 10.9 Å². The number of aliphatic hydroxyl groups excluding tert-OH is 1. The Morgan fingerprint density at radius 3 is 2.75 bits per heavy atom. The summed E-state index contributed by atoms with van der Waals surface area (Å²) in [6.07, 6.45) is -0.268. The zero-order chi connectivity index (χ0) is 14.3. The van der Waals surface area contributed by atoms with Gasteiger partial charge in [-0.2, -0.15) is 0 Å². The molecule has 0 bridgehead atoms. The van der Waals surface area contributed by atoms with Gasteiger partial charge in [0.05, 0.1) is 12.1 Å². The van der Waals surface area contributed by atoms with Gasteiger partial charge in [0.2, 0.25) is 0 Å². The van der Waals surface area contributed by atoms with Crippen LogP contribution in [-0.4, -0.2) is 19.6 Å². The number of fused-ring (bicyclic) bond motifs is 1. The average molecular weight is 374 g/mol. The van der Waals surface area contributed by atoms with E-state index in [2.05, 4.69) is 20.7 Å². The van der Waals surface area contributed by atoms with Crippen molar-refractivity contribution in [3.8, 4) is 0 Å². The first-order valence-electron chi connectivity index (χ1n) is 6.00. The average Bonchev–Trinajstić information content (AvgIpc) is 2.95. The van der Waals surface area contributed by atoms with Gasteiger partial charge in [0.15, 0.2) is 0 Å². The van der Waals surface area contributed by atoms with Gasteiger partial charge < -0.3 is 5.11 Å². The van der Waals surface area contributed by atoms with E-state index in [1.54, 1.807) is 11.4 Å². The largest absolute Gasteiger partial charge is 0.391 e. The standard InChI is InChI=1S/C13H12BrNO3S2/c14-10-5-6-19-13(10)20(17,18)15-12-9-4-2-1-3-8(9)7-11(12)16/h1-6,11-12,15-16H,7H2. The Labute approximate surface area is 129 Å². The molecule has 2 atom stereocenters. The Hall–Kier alpha value is -0.730. The summed E-state index contributed by atoms with van der Waals surface area (Å²) in [4.78, 5) is 0. The van der Waals surface area contributed by atoms with Gasteiger partial charge in [-0.3, -0.25) is 0 Å². The number of rotatable bonds is 3. The van der Waals surface area contributed by atoms with Crippen LogP contribution < -0.4 is 4.72 Å². The van der Waals surface area contributed by atoms with Gasteiger partial charge in [-0.25, -0.2) is 13.1 Å². The van der Waals surface area contributed by atoms with Crippen molar-refractivity contribution >= 4 is 37.3 Å². The number of hydrogen-bond donors (Lipinski definition) is 2. The first kappa shape index (κ1) is 14.2. The highest BCUT2D eigenvalue weighted by molar-refractivity contribution is 9.10. The van der Waals surface area contributed by atoms with Crippen LogP contribution in [0, 0.1) is 0 Å². The molecule has 2 aromatic rings. The summed E-state index contributed by atoms with van der Waals surface area (Å²) in [5, 5.41) is 11.8. The van der Waals surface area contributed by atoms with Gasteiger partial charge in [0.1, 0.15) is 4.21 Å². The minimum Gasteiger partial charge on any atom is -0.391 e. The van der Waals surface area contributed by atoms with Crippen molar-refractivity contribution in [2.45, 2.75) is 22.8 Å². The molecule has 1 heterocycles. The molecule has 1 aromatic heterocycles. The van der Waals surface area contributed by atoms with Crippen molar-refractivity contribution < 1.29 is 13.5 Å². The van der Waals surface area contributed by atoms with Gasteiger partial charge >= 0.3 is 0 Å². The molecule has 4 nitrogen and oxygen atoms in total. The maximum atomic E-state index is 12.4. The van der Waals surface area contributed by atoms with E-state index in [4.69, 9.17) is 0 Å². The molecular weight excluding hydrogens is 362 g/mol. The summed E-state index contributed by atoms with van der Waals surface area (Å²) in [7, 11) is -3.65. The van der Waals surface area contributed by atoms with E-state index in [1.807, 2.05) is 24.3 Å². The van der Waals surface area contributed by atoms with Crippen molar-refractivity contribution in [1.29, 1.82) is 0 Å². The molecule has 0 radical (unpaired) electrons. The van der Waals surface area contributed by atoms with Crippen LogP contribution in [0.25, 0.3) is 0 Å². The molecule has 1 aromatic carbocycles. The molecule has 2 unspecified atom stereocenters. The monoisotopic (exact) mass is 373 g/mol. The van der Waals surface area contributed by atoms with Crippen LogP contribution in [0.4, 0.5) is 0 Å². The molecule has 0 spiro atoms. The second-order valence-corrected chi connectivity index (χ2v) is 8.30. The molecule has 1 aliphatic carbocycles. The topological polar surface area (TPSA) is 66.4 Å². The number of sulfonamides is 1. The van der Waals surface area contributed by atoms with Crippen LogP contribution in [-0.2, 0) is 16.4 Å². The molecular formula is C13H12BrNO3S2. The van der Waals surface area contributed by atoms with Crippen LogP contribution in [0.2, 0.25) is 0 Å². The number of halogens is 1. The molecule has 106 valence electrons. The lowest BCUT2D eigenvalue weighted by atomic mass is 10.1. The van der Waals surface area contributed by atoms with Crippen molar-refractivity contribution in [3.05, 3.63) is 51.3 Å². The fourth-order valence-corrected chi connectivity index (χ4v) is 6.01. The molecule has 0 fully saturated rings. The quantitative estimate of drug-likeness (QED) is 0.868. The lowest BCUT2D eigenvalue weighted by Gasteiger charge is -2.17. The second-order valence-electron chi connectivity index (χ2n) is 4.63. The summed E-state index contributed by atoms with van der Waals surface area (Å²) in [6.45, 7) is 0. The van der Waals surface area contributed by atoms with Gasteiger partial charge in [0, 0.05) is 10.9 Å². The van der Waals surface area contributed by atoms with Crippen LogP contribution in [0.5, 0.6) is 0 Å². The molecule has 0 saturated heterocycles. The van der Waals surface area contributed by atoms with Gasteiger partial charge in [0.25, 0.3) is 10.0 Å². The number of benzene rings is 1. The fraction of sp³-hybridized carbons (Fsp3) is 0.231. The third kappa shape index (κ3) is 2.44. The van der Waals surface area contributed by atoms with Crippen LogP contribution in [0.3, 0.4) is 0 Å². The summed E-state index contributed by atoms with van der Waals surface area (Å²) in [5.41, 5.74) is 1.83. The van der Waals surface area contributed by atoms with Crippen molar-refractivity contribution in [1.82, 2.24) is 4.72 Å². The molecule has 2 N–H and O–H groups in total. The lowest BCUT2D eigenvalue weighted by Crippen LogP contribution is -2.33. The fourth-order valence-electron chi connectivity index (χ4n) is 2.41. The first-order chi connectivity index (χ1) is 9.49. The highest BCUT2D eigenvalue weighted by Gasteiger charge is 2.35. The zero-order valence-electron chi connectivity index (χ0n) is 10.3. The van der Waals surface area contributed by atoms with Crippen molar-refractivity contribution in [2.24, 2.45) is 0 Å². The normalized spacial score (nSPS) is 21.9. The Bertz CT molecular complexity index is 742. The lowest BCUT2D eigenvalue weighted by molar-refractivity contribution is 0.151. The van der Waals surface area contributed by atoms with Crippen molar-refractivity contribution in [2.75, 3.05) is 0 Å². The first-order valence-corrected chi connectivity index (χ1v) is 9.16. The SMILES string of the molecule is O=S(=O)(NC1c2ccccc2CC1O)c1sccc1Br. The van der Waals surface area contributed by atoms with E-state index in [0.717, 1.165) is 22.5 Å². The Kier molecular flexibility index (Phi) is 3.72. The molecule has 0 saturated carbocycles. The van der Waals surface area contributed by atoms with E-state index in [9.17, 15) is 13.5 Å². The Morgan fingerprint density at radius 2 is 2.05 bits per heavy atom. The number of hydrogen-bond acceptors (Lipinski definition) is 4. The maximum absolute atomic E-state index is 12.4. The Morgan fingerprint density at radius 1 is 1.30 bits per heavy atom. The predicted molar refractivity (Wildman–Crippen MR) is 81.2 cm³/mol. The molecule has 0 amide bonds. The highest BCUT2D eigenvalue weighted by atomic mass is 79.9. The smallest absolute Gasteiger partial charge is 0.251 e. The minimum atomic E-state index is -3.65. The van der Waals surface area contributed by atoms with Crippen LogP contribution in [0.1, 0.15) is 17.2 Å². The van der Waals surface area contributed by atoms with E-state index < -0.39 is 22.2 Å². The van der Waals surface area contributed by atoms with Gasteiger partial charge in [-0.1, -0.05) is 24.3 Å². The summed E-state index contributed by atoms with van der Waals surface area (Å²) >= 11 is 4.37. The molecule has 1 aliphatic rings. The summed E-state index contributed by atoms with van der Waals surface area (Å²) in [5.74, 6) is 0. The van der Waals surface area contributed by atoms with E-state index in [1.165, 1.54) is 0 Å². The van der Waals surface area contributed by atoms with Gasteiger partial charge in [-0.15, -0.1) is 11.3 Å². The van der Waals surface area contributed by atoms with Crippen molar-refractivity contribution in [3.63, 3.8) is 0 Å². The zero-order valence-corrected chi connectivity index (χ0v) is 13.5. The molecule has 0 aliphatic heterocycles. The Balaban J connectivity index is 1.94. The third-order valence-corrected chi connectivity index (χ3v) is 7.43. The summed E-state index contributed by atoms with van der Waals surface area (Å²) in [6, 6.07) is 8.59. The second kappa shape index (κ2) is 5.23. The van der Waals surface area contributed by atoms with E-state index >= 15 is 0 Å². The van der Waals surface area contributed by atoms with Crippen LogP contribution in [0.15, 0.2) is 44.4 Å². The van der Waals surface area contributed by atoms with Crippen LogP contribution >= 0.6 is 27.3 Å². The maximum Gasteiger partial charge on any atom is 0.251 e.